The zero-order valence-electron chi connectivity index (χ0n) is 11.6. The number of nitrogens with zero attached hydrogens (tertiary/aromatic N) is 1. The molecule has 0 bridgehead atoms. The molecule has 19 heavy (non-hydrogen) atoms. The van der Waals surface area contributed by atoms with Crippen molar-refractivity contribution >= 4 is 0 Å². The van der Waals surface area contributed by atoms with Gasteiger partial charge in [0.15, 0.2) is 0 Å². The molecule has 0 saturated carbocycles. The number of rotatable bonds is 5. The van der Waals surface area contributed by atoms with Crippen LogP contribution in [-0.4, -0.2) is 31.7 Å². The minimum Gasteiger partial charge on any atom is -0.384 e. The molecule has 1 aliphatic heterocycles. The Kier molecular flexibility index (Phi) is 5.31. The van der Waals surface area contributed by atoms with Crippen molar-refractivity contribution in [3.8, 4) is 0 Å². The molecule has 2 N–H and O–H groups in total. The Hall–Kier alpha value is -0.970. The fourth-order valence-corrected chi connectivity index (χ4v) is 2.85. The van der Waals surface area contributed by atoms with Crippen molar-refractivity contribution in [1.82, 2.24) is 4.90 Å². The second-order valence-electron chi connectivity index (χ2n) is 5.32. The number of hydrogen-bond donors (Lipinski definition) is 1. The number of piperidine rings is 1. The molecule has 0 amide bonds. The Morgan fingerprint density at radius 1 is 1.42 bits per heavy atom. The van der Waals surface area contributed by atoms with Crippen LogP contribution in [0.25, 0.3) is 0 Å². The molecule has 4 heteroatoms. The summed E-state index contributed by atoms with van der Waals surface area (Å²) in [7, 11) is 1.75. The molecule has 1 aliphatic rings. The van der Waals surface area contributed by atoms with E-state index in [0.717, 1.165) is 37.4 Å². The van der Waals surface area contributed by atoms with Crippen LogP contribution in [0.3, 0.4) is 0 Å². The van der Waals surface area contributed by atoms with E-state index in [-0.39, 0.29) is 5.82 Å². The molecule has 0 radical (unpaired) electrons. The summed E-state index contributed by atoms with van der Waals surface area (Å²) < 4.78 is 18.6. The zero-order valence-corrected chi connectivity index (χ0v) is 11.6. The van der Waals surface area contributed by atoms with Crippen LogP contribution < -0.4 is 5.73 Å². The van der Waals surface area contributed by atoms with Crippen LogP contribution in [0.15, 0.2) is 18.2 Å². The lowest BCUT2D eigenvalue weighted by Crippen LogP contribution is -2.36. The average Bonchev–Trinajstić information content (AvgIpc) is 2.40. The van der Waals surface area contributed by atoms with Crippen molar-refractivity contribution in [2.75, 3.05) is 26.8 Å². The topological polar surface area (TPSA) is 38.5 Å². The average molecular weight is 266 g/mol. The molecule has 1 aromatic carbocycles. The SMILES string of the molecule is COCC1CCCN(Cc2cc(F)ccc2CN)C1. The summed E-state index contributed by atoms with van der Waals surface area (Å²) in [6, 6.07) is 4.89. The van der Waals surface area contributed by atoms with E-state index in [1.54, 1.807) is 19.2 Å². The molecule has 1 heterocycles. The molecule has 0 aliphatic carbocycles. The van der Waals surface area contributed by atoms with Crippen LogP contribution in [0, 0.1) is 11.7 Å². The highest BCUT2D eigenvalue weighted by atomic mass is 19.1. The third-order valence-corrected chi connectivity index (χ3v) is 3.79. The number of halogens is 1. The molecular weight excluding hydrogens is 243 g/mol. The van der Waals surface area contributed by atoms with Crippen LogP contribution in [0.1, 0.15) is 24.0 Å². The van der Waals surface area contributed by atoms with Gasteiger partial charge in [0, 0.05) is 26.7 Å². The first kappa shape index (κ1) is 14.4. The maximum absolute atomic E-state index is 13.4. The molecule has 3 nitrogen and oxygen atoms in total. The van der Waals surface area contributed by atoms with Crippen molar-refractivity contribution in [2.24, 2.45) is 11.7 Å². The predicted octanol–water partition coefficient (Wildman–Crippen LogP) is 2.14. The van der Waals surface area contributed by atoms with E-state index in [2.05, 4.69) is 4.90 Å². The first-order chi connectivity index (χ1) is 9.22. The first-order valence-corrected chi connectivity index (χ1v) is 6.91. The highest BCUT2D eigenvalue weighted by Gasteiger charge is 2.20. The highest BCUT2D eigenvalue weighted by molar-refractivity contribution is 5.27. The highest BCUT2D eigenvalue weighted by Crippen LogP contribution is 2.20. The number of hydrogen-bond acceptors (Lipinski definition) is 3. The zero-order chi connectivity index (χ0) is 13.7. The lowest BCUT2D eigenvalue weighted by Gasteiger charge is -2.32. The molecule has 0 aromatic heterocycles. The summed E-state index contributed by atoms with van der Waals surface area (Å²) in [5.74, 6) is 0.409. The smallest absolute Gasteiger partial charge is 0.123 e. The third kappa shape index (κ3) is 4.00. The van der Waals surface area contributed by atoms with Gasteiger partial charge in [0.2, 0.25) is 0 Å². The molecule has 2 rings (SSSR count). The van der Waals surface area contributed by atoms with Gasteiger partial charge in [-0.05, 0) is 48.6 Å². The van der Waals surface area contributed by atoms with Crippen LogP contribution in [0.4, 0.5) is 4.39 Å². The van der Waals surface area contributed by atoms with E-state index in [4.69, 9.17) is 10.5 Å². The lowest BCUT2D eigenvalue weighted by molar-refractivity contribution is 0.0872. The molecule has 1 aromatic rings. The number of ether oxygens (including phenoxy) is 1. The summed E-state index contributed by atoms with van der Waals surface area (Å²) in [5, 5.41) is 0. The predicted molar refractivity (Wildman–Crippen MR) is 74.2 cm³/mol. The van der Waals surface area contributed by atoms with Crippen molar-refractivity contribution in [3.05, 3.63) is 35.1 Å². The van der Waals surface area contributed by atoms with Crippen LogP contribution in [0.2, 0.25) is 0 Å². The van der Waals surface area contributed by atoms with Crippen molar-refractivity contribution in [3.63, 3.8) is 0 Å². The summed E-state index contributed by atoms with van der Waals surface area (Å²) >= 11 is 0. The van der Waals surface area contributed by atoms with E-state index in [9.17, 15) is 4.39 Å². The number of likely N-dealkylation sites (tertiary alicyclic amines) is 1. The maximum atomic E-state index is 13.4. The molecule has 106 valence electrons. The van der Waals surface area contributed by atoms with Crippen molar-refractivity contribution in [2.45, 2.75) is 25.9 Å². The minimum atomic E-state index is -0.183. The van der Waals surface area contributed by atoms with E-state index in [1.807, 2.05) is 0 Å². The lowest BCUT2D eigenvalue weighted by atomic mass is 9.97. The van der Waals surface area contributed by atoms with Gasteiger partial charge in [-0.25, -0.2) is 4.39 Å². The van der Waals surface area contributed by atoms with Gasteiger partial charge in [-0.1, -0.05) is 6.07 Å². The Morgan fingerprint density at radius 3 is 3.00 bits per heavy atom. The maximum Gasteiger partial charge on any atom is 0.123 e. The van der Waals surface area contributed by atoms with Gasteiger partial charge in [-0.15, -0.1) is 0 Å². The number of methoxy groups -OCH3 is 1. The van der Waals surface area contributed by atoms with Crippen molar-refractivity contribution < 1.29 is 9.13 Å². The van der Waals surface area contributed by atoms with Gasteiger partial charge in [-0.2, -0.15) is 0 Å². The molecule has 1 saturated heterocycles. The number of benzene rings is 1. The van der Waals surface area contributed by atoms with Crippen molar-refractivity contribution in [1.29, 1.82) is 0 Å². The van der Waals surface area contributed by atoms with Crippen LogP contribution in [0.5, 0.6) is 0 Å². The minimum absolute atomic E-state index is 0.183. The summed E-state index contributed by atoms with van der Waals surface area (Å²) in [5.41, 5.74) is 7.77. The van der Waals surface area contributed by atoms with Gasteiger partial charge in [0.05, 0.1) is 6.61 Å². The fraction of sp³-hybridized carbons (Fsp3) is 0.600. The second kappa shape index (κ2) is 6.98. The molecule has 1 unspecified atom stereocenters. The molecule has 1 fully saturated rings. The molecule has 0 spiro atoms. The Morgan fingerprint density at radius 2 is 2.26 bits per heavy atom. The summed E-state index contributed by atoms with van der Waals surface area (Å²) in [6.45, 7) is 4.15. The van der Waals surface area contributed by atoms with Gasteiger partial charge in [0.1, 0.15) is 5.82 Å². The Bertz CT molecular complexity index is 409. The monoisotopic (exact) mass is 266 g/mol. The van der Waals surface area contributed by atoms with Crippen LogP contribution >= 0.6 is 0 Å². The summed E-state index contributed by atoms with van der Waals surface area (Å²) in [4.78, 5) is 2.38. The van der Waals surface area contributed by atoms with E-state index >= 15 is 0 Å². The standard InChI is InChI=1S/C15H23FN2O/c1-19-11-12-3-2-6-18(9-12)10-14-7-15(16)5-4-13(14)8-17/h4-5,7,12H,2-3,6,8-11,17H2,1H3. The first-order valence-electron chi connectivity index (χ1n) is 6.91. The van der Waals surface area contributed by atoms with E-state index < -0.39 is 0 Å². The van der Waals surface area contributed by atoms with Gasteiger partial charge >= 0.3 is 0 Å². The molecular formula is C15H23FN2O. The van der Waals surface area contributed by atoms with Gasteiger partial charge < -0.3 is 10.5 Å². The van der Waals surface area contributed by atoms with Crippen LogP contribution in [-0.2, 0) is 17.8 Å². The van der Waals surface area contributed by atoms with Gasteiger partial charge in [-0.3, -0.25) is 4.90 Å². The third-order valence-electron chi connectivity index (χ3n) is 3.79. The van der Waals surface area contributed by atoms with Gasteiger partial charge in [0.25, 0.3) is 0 Å². The largest absolute Gasteiger partial charge is 0.384 e. The normalized spacial score (nSPS) is 20.7. The number of nitrogens with two attached hydrogens (primary N) is 1. The Labute approximate surface area is 114 Å². The van der Waals surface area contributed by atoms with E-state index in [1.165, 1.54) is 18.9 Å². The molecule has 1 atom stereocenters. The summed E-state index contributed by atoms with van der Waals surface area (Å²) in [6.07, 6.45) is 2.40. The quantitative estimate of drug-likeness (QED) is 0.887. The fourth-order valence-electron chi connectivity index (χ4n) is 2.85. The van der Waals surface area contributed by atoms with E-state index in [0.29, 0.717) is 12.5 Å². The Balaban J connectivity index is 2.01. The second-order valence-corrected chi connectivity index (χ2v) is 5.32.